The highest BCUT2D eigenvalue weighted by atomic mass is 32.2. The molecule has 4 rings (SSSR count). The predicted octanol–water partition coefficient (Wildman–Crippen LogP) is 3.90. The Balaban J connectivity index is 1.54. The summed E-state index contributed by atoms with van der Waals surface area (Å²) in [5.74, 6) is -0.0597. The molecule has 1 aliphatic rings. The molecular weight excluding hydrogens is 463 g/mol. The Morgan fingerprint density at radius 2 is 1.76 bits per heavy atom. The average molecular weight is 487 g/mol. The van der Waals surface area contributed by atoms with E-state index in [9.17, 15) is 17.6 Å². The lowest BCUT2D eigenvalue weighted by atomic mass is 10.1. The van der Waals surface area contributed by atoms with Gasteiger partial charge in [0.05, 0.1) is 18.8 Å². The number of benzene rings is 3. The van der Waals surface area contributed by atoms with Gasteiger partial charge in [0.25, 0.3) is 15.9 Å². The van der Waals surface area contributed by atoms with Crippen LogP contribution in [0, 0.1) is 5.82 Å². The zero-order valence-electron chi connectivity index (χ0n) is 18.5. The minimum atomic E-state index is -4.34. The molecular formula is C24H23FN2O6S. The second-order valence-corrected chi connectivity index (χ2v) is 9.20. The van der Waals surface area contributed by atoms with Crippen molar-refractivity contribution in [2.45, 2.75) is 17.9 Å². The quantitative estimate of drug-likeness (QED) is 0.525. The number of rotatable bonds is 7. The summed E-state index contributed by atoms with van der Waals surface area (Å²) in [4.78, 5) is 12.2. The molecule has 0 fully saturated rings. The second-order valence-electron chi connectivity index (χ2n) is 7.55. The number of methoxy groups -OCH3 is 1. The van der Waals surface area contributed by atoms with Crippen molar-refractivity contribution in [1.29, 1.82) is 0 Å². The summed E-state index contributed by atoms with van der Waals surface area (Å²) in [7, 11) is -2.95. The number of anilines is 1. The van der Waals surface area contributed by atoms with E-state index in [4.69, 9.17) is 14.2 Å². The van der Waals surface area contributed by atoms with Crippen LogP contribution in [0.2, 0.25) is 0 Å². The van der Waals surface area contributed by atoms with E-state index in [1.54, 1.807) is 43.3 Å². The van der Waals surface area contributed by atoms with Gasteiger partial charge in [-0.3, -0.25) is 9.52 Å². The number of hydrogen-bond acceptors (Lipinski definition) is 6. The van der Waals surface area contributed by atoms with Crippen LogP contribution in [-0.2, 0) is 10.0 Å². The lowest BCUT2D eigenvalue weighted by molar-refractivity contribution is 0.0939. The molecule has 178 valence electrons. The summed E-state index contributed by atoms with van der Waals surface area (Å²) >= 11 is 0. The molecule has 0 bridgehead atoms. The Morgan fingerprint density at radius 3 is 2.53 bits per heavy atom. The molecule has 34 heavy (non-hydrogen) atoms. The number of halogens is 1. The van der Waals surface area contributed by atoms with Crippen LogP contribution >= 0.6 is 0 Å². The molecule has 8 nitrogen and oxygen atoms in total. The molecule has 1 unspecified atom stereocenters. The number of ether oxygens (including phenoxy) is 3. The van der Waals surface area contributed by atoms with Crippen LogP contribution in [0.3, 0.4) is 0 Å². The predicted molar refractivity (Wildman–Crippen MR) is 124 cm³/mol. The molecule has 0 radical (unpaired) electrons. The van der Waals surface area contributed by atoms with Crippen molar-refractivity contribution in [3.05, 3.63) is 77.6 Å². The van der Waals surface area contributed by atoms with Gasteiger partial charge in [-0.1, -0.05) is 18.2 Å². The molecule has 3 aromatic carbocycles. The first-order valence-corrected chi connectivity index (χ1v) is 11.9. The minimum Gasteiger partial charge on any atom is -0.495 e. The van der Waals surface area contributed by atoms with Gasteiger partial charge in [-0.2, -0.15) is 0 Å². The second kappa shape index (κ2) is 9.60. The van der Waals surface area contributed by atoms with E-state index < -0.39 is 32.7 Å². The van der Waals surface area contributed by atoms with E-state index in [1.807, 2.05) is 0 Å². The Bertz CT molecular complexity index is 1330. The van der Waals surface area contributed by atoms with E-state index in [2.05, 4.69) is 10.0 Å². The SMILES string of the molecule is COc1ccccc1NS(=O)(=O)c1cc(C(=O)NC(C)c2ccc3c(c2)OCCO3)ccc1F. The molecule has 0 spiro atoms. The Hall–Kier alpha value is -3.79. The van der Waals surface area contributed by atoms with Crippen molar-refractivity contribution in [1.82, 2.24) is 5.32 Å². The van der Waals surface area contributed by atoms with Gasteiger partial charge in [-0.15, -0.1) is 0 Å². The highest BCUT2D eigenvalue weighted by Gasteiger charge is 2.23. The summed E-state index contributed by atoms with van der Waals surface area (Å²) in [5, 5.41) is 2.79. The number of fused-ring (bicyclic) bond motifs is 1. The van der Waals surface area contributed by atoms with Gasteiger partial charge in [0.15, 0.2) is 11.5 Å². The zero-order valence-corrected chi connectivity index (χ0v) is 19.3. The molecule has 0 aromatic heterocycles. The van der Waals surface area contributed by atoms with Crippen molar-refractivity contribution in [3.63, 3.8) is 0 Å². The molecule has 3 aromatic rings. The van der Waals surface area contributed by atoms with Gasteiger partial charge >= 0.3 is 0 Å². The number of hydrogen-bond donors (Lipinski definition) is 2. The summed E-state index contributed by atoms with van der Waals surface area (Å²) < 4.78 is 58.8. The molecule has 1 aliphatic heterocycles. The van der Waals surface area contributed by atoms with E-state index >= 15 is 0 Å². The fraction of sp³-hybridized carbons (Fsp3) is 0.208. The van der Waals surface area contributed by atoms with Gasteiger partial charge in [-0.05, 0) is 55.0 Å². The van der Waals surface area contributed by atoms with Crippen molar-refractivity contribution >= 4 is 21.6 Å². The molecule has 0 aliphatic carbocycles. The maximum Gasteiger partial charge on any atom is 0.264 e. The van der Waals surface area contributed by atoms with Crippen molar-refractivity contribution in [3.8, 4) is 17.2 Å². The Kier molecular flexibility index (Phi) is 6.60. The maximum absolute atomic E-state index is 14.5. The molecule has 1 heterocycles. The highest BCUT2D eigenvalue weighted by molar-refractivity contribution is 7.92. The summed E-state index contributed by atoms with van der Waals surface area (Å²) in [5.41, 5.74) is 0.906. The smallest absolute Gasteiger partial charge is 0.264 e. The van der Waals surface area contributed by atoms with Crippen molar-refractivity contribution < 1.29 is 31.8 Å². The molecule has 1 atom stereocenters. The largest absolute Gasteiger partial charge is 0.495 e. The number of carbonyl (C=O) groups excluding carboxylic acids is 1. The van der Waals surface area contributed by atoms with Gasteiger partial charge < -0.3 is 19.5 Å². The Morgan fingerprint density at radius 1 is 1.03 bits per heavy atom. The summed E-state index contributed by atoms with van der Waals surface area (Å²) in [6.07, 6.45) is 0. The van der Waals surface area contributed by atoms with Gasteiger partial charge in [0, 0.05) is 5.56 Å². The number of carbonyl (C=O) groups is 1. The van der Waals surface area contributed by atoms with Crippen LogP contribution in [0.25, 0.3) is 0 Å². The van der Waals surface area contributed by atoms with Gasteiger partial charge in [0.2, 0.25) is 0 Å². The van der Waals surface area contributed by atoms with E-state index in [-0.39, 0.29) is 17.0 Å². The van der Waals surface area contributed by atoms with E-state index in [0.717, 1.165) is 17.7 Å². The van der Waals surface area contributed by atoms with Crippen LogP contribution < -0.4 is 24.2 Å². The van der Waals surface area contributed by atoms with Crippen molar-refractivity contribution in [2.75, 3.05) is 25.0 Å². The third kappa shape index (κ3) is 4.91. The molecule has 0 saturated heterocycles. The van der Waals surface area contributed by atoms with E-state index in [1.165, 1.54) is 19.2 Å². The van der Waals surface area contributed by atoms with Crippen LogP contribution in [-0.4, -0.2) is 34.6 Å². The van der Waals surface area contributed by atoms with E-state index in [0.29, 0.717) is 24.7 Å². The third-order valence-corrected chi connectivity index (χ3v) is 6.63. The normalized spacial score (nSPS) is 13.6. The third-order valence-electron chi connectivity index (χ3n) is 5.25. The van der Waals surface area contributed by atoms with Gasteiger partial charge in [-0.25, -0.2) is 12.8 Å². The number of amides is 1. The van der Waals surface area contributed by atoms with Crippen LogP contribution in [0.4, 0.5) is 10.1 Å². The Labute approximate surface area is 196 Å². The fourth-order valence-electron chi connectivity index (χ4n) is 3.47. The van der Waals surface area contributed by atoms with Crippen LogP contribution in [0.1, 0.15) is 28.9 Å². The minimum absolute atomic E-state index is 0.00815. The average Bonchev–Trinajstić information content (AvgIpc) is 2.83. The van der Waals surface area contributed by atoms with Gasteiger partial charge in [0.1, 0.15) is 29.7 Å². The number of sulfonamides is 1. The molecule has 2 N–H and O–H groups in total. The first-order chi connectivity index (χ1) is 16.3. The van der Waals surface area contributed by atoms with Crippen molar-refractivity contribution in [2.24, 2.45) is 0 Å². The number of nitrogens with one attached hydrogen (secondary N) is 2. The fourth-order valence-corrected chi connectivity index (χ4v) is 4.65. The lowest BCUT2D eigenvalue weighted by Gasteiger charge is -2.21. The summed E-state index contributed by atoms with van der Waals surface area (Å²) in [6, 6.07) is 14.4. The van der Waals surface area contributed by atoms with Crippen LogP contribution in [0.15, 0.2) is 65.6 Å². The maximum atomic E-state index is 14.5. The summed E-state index contributed by atoms with van der Waals surface area (Å²) in [6.45, 7) is 2.68. The molecule has 10 heteroatoms. The topological polar surface area (TPSA) is 103 Å². The first kappa shape index (κ1) is 23.4. The van der Waals surface area contributed by atoms with Crippen LogP contribution in [0.5, 0.6) is 17.2 Å². The highest BCUT2D eigenvalue weighted by Crippen LogP contribution is 2.33. The molecule has 1 amide bonds. The standard InChI is InChI=1S/C24H23FN2O6S/c1-15(16-8-10-21-22(13-16)33-12-11-32-21)26-24(28)17-7-9-18(25)23(14-17)34(29,30)27-19-5-3-4-6-20(19)31-2/h3-10,13-15,27H,11-12H2,1-2H3,(H,26,28). The number of para-hydroxylation sites is 2. The first-order valence-electron chi connectivity index (χ1n) is 10.4. The lowest BCUT2D eigenvalue weighted by Crippen LogP contribution is -2.27. The monoisotopic (exact) mass is 486 g/mol. The molecule has 0 saturated carbocycles. The zero-order chi connectivity index (χ0) is 24.3.